The topological polar surface area (TPSA) is 138 Å². The van der Waals surface area contributed by atoms with E-state index in [0.717, 1.165) is 25.2 Å². The molecule has 2 aromatic heterocycles. The summed E-state index contributed by atoms with van der Waals surface area (Å²) in [6.07, 6.45) is 3.79. The van der Waals surface area contributed by atoms with Crippen LogP contribution in [-0.2, 0) is 9.84 Å². The average Bonchev–Trinajstić information content (AvgIpc) is 3.29. The maximum absolute atomic E-state index is 14.3. The van der Waals surface area contributed by atoms with Gasteiger partial charge in [-0.2, -0.15) is 10.2 Å². The molecule has 10 nitrogen and oxygen atoms in total. The Kier molecular flexibility index (Phi) is 6.47. The van der Waals surface area contributed by atoms with Gasteiger partial charge in [0.1, 0.15) is 28.7 Å². The zero-order valence-electron chi connectivity index (χ0n) is 19.0. The van der Waals surface area contributed by atoms with Gasteiger partial charge < -0.3 is 14.7 Å². The summed E-state index contributed by atoms with van der Waals surface area (Å²) in [6.45, 7) is 5.28. The molecule has 0 saturated carbocycles. The molecule has 3 heterocycles. The van der Waals surface area contributed by atoms with Gasteiger partial charge >= 0.3 is 0 Å². The van der Waals surface area contributed by atoms with Crippen molar-refractivity contribution in [3.63, 3.8) is 0 Å². The Morgan fingerprint density at radius 2 is 2.00 bits per heavy atom. The smallest absolute Gasteiger partial charge is 0.229 e. The van der Waals surface area contributed by atoms with E-state index in [0.29, 0.717) is 30.6 Å². The van der Waals surface area contributed by atoms with Crippen LogP contribution >= 0.6 is 0 Å². The summed E-state index contributed by atoms with van der Waals surface area (Å²) in [5.74, 6) is 1.45. The summed E-state index contributed by atoms with van der Waals surface area (Å²) < 4.78 is 43.0. The van der Waals surface area contributed by atoms with Crippen LogP contribution in [0.1, 0.15) is 55.8 Å². The Hall–Kier alpha value is -3.59. The van der Waals surface area contributed by atoms with Crippen LogP contribution in [0.4, 0.5) is 21.7 Å². The molecule has 1 aliphatic heterocycles. The van der Waals surface area contributed by atoms with Gasteiger partial charge in [0.2, 0.25) is 5.89 Å². The molecule has 178 valence electrons. The van der Waals surface area contributed by atoms with Crippen molar-refractivity contribution in [1.29, 1.82) is 5.26 Å². The van der Waals surface area contributed by atoms with Crippen LogP contribution in [0, 0.1) is 17.1 Å². The third-order valence-corrected chi connectivity index (χ3v) is 6.78. The first-order valence-corrected chi connectivity index (χ1v) is 12.7. The SMILES string of the molecule is CC(C)c1noc(C2CCN(c3ncnc(Nc4ccc(S(C)(=O)=O)c(F)c4)c3C#N)CC2)n1. The van der Waals surface area contributed by atoms with Crippen molar-refractivity contribution in [2.45, 2.75) is 43.4 Å². The Morgan fingerprint density at radius 1 is 1.26 bits per heavy atom. The highest BCUT2D eigenvalue weighted by atomic mass is 32.2. The molecule has 1 saturated heterocycles. The van der Waals surface area contributed by atoms with Crippen LogP contribution in [-0.4, -0.2) is 47.9 Å². The normalized spacial score (nSPS) is 14.9. The standard InChI is InChI=1S/C22H24FN7O3S/c1-13(2)19-28-22(33-29-19)14-6-8-30(9-7-14)21-16(11-24)20(25-12-26-21)27-15-4-5-18(17(23)10-15)34(3,31)32/h4-5,10,12-14H,6-9H2,1-3H3,(H,25,26,27). The molecule has 0 amide bonds. The van der Waals surface area contributed by atoms with E-state index in [9.17, 15) is 18.1 Å². The van der Waals surface area contributed by atoms with Gasteiger partial charge in [0, 0.05) is 36.9 Å². The molecular formula is C22H24FN7O3S. The lowest BCUT2D eigenvalue weighted by atomic mass is 9.96. The number of nitrogens with one attached hydrogen (secondary N) is 1. The summed E-state index contributed by atoms with van der Waals surface area (Å²) in [5, 5.41) is 16.8. The number of piperidine rings is 1. The molecule has 0 atom stereocenters. The molecule has 12 heteroatoms. The van der Waals surface area contributed by atoms with Crippen molar-refractivity contribution < 1.29 is 17.3 Å². The van der Waals surface area contributed by atoms with Crippen LogP contribution in [0.2, 0.25) is 0 Å². The van der Waals surface area contributed by atoms with Crippen LogP contribution in [0.25, 0.3) is 0 Å². The summed E-state index contributed by atoms with van der Waals surface area (Å²) in [6, 6.07) is 5.78. The zero-order valence-corrected chi connectivity index (χ0v) is 19.8. The molecule has 34 heavy (non-hydrogen) atoms. The maximum Gasteiger partial charge on any atom is 0.229 e. The Balaban J connectivity index is 1.51. The second kappa shape index (κ2) is 9.34. The van der Waals surface area contributed by atoms with Crippen molar-refractivity contribution in [3.8, 4) is 6.07 Å². The number of nitrogens with zero attached hydrogens (tertiary/aromatic N) is 6. The van der Waals surface area contributed by atoms with Gasteiger partial charge in [-0.3, -0.25) is 0 Å². The number of rotatable bonds is 6. The lowest BCUT2D eigenvalue weighted by Gasteiger charge is -2.31. The summed E-state index contributed by atoms with van der Waals surface area (Å²) in [4.78, 5) is 14.5. The first-order valence-electron chi connectivity index (χ1n) is 10.8. The minimum Gasteiger partial charge on any atom is -0.355 e. The first kappa shape index (κ1) is 23.6. The molecule has 0 bridgehead atoms. The largest absolute Gasteiger partial charge is 0.355 e. The van der Waals surface area contributed by atoms with E-state index >= 15 is 0 Å². The van der Waals surface area contributed by atoms with Crippen LogP contribution in [0.5, 0.6) is 0 Å². The fraction of sp³-hybridized carbons (Fsp3) is 0.409. The Bertz CT molecular complexity index is 1340. The van der Waals surface area contributed by atoms with Gasteiger partial charge in [0.25, 0.3) is 0 Å². The second-order valence-corrected chi connectivity index (χ2v) is 10.5. The van der Waals surface area contributed by atoms with E-state index in [2.05, 4.69) is 31.5 Å². The lowest BCUT2D eigenvalue weighted by Crippen LogP contribution is -2.34. The minimum atomic E-state index is -3.69. The maximum atomic E-state index is 14.3. The van der Waals surface area contributed by atoms with Crippen molar-refractivity contribution in [3.05, 3.63) is 47.6 Å². The molecule has 1 N–H and O–H groups in total. The molecule has 1 aliphatic rings. The fourth-order valence-corrected chi connectivity index (χ4v) is 4.54. The van der Waals surface area contributed by atoms with Gasteiger partial charge in [-0.15, -0.1) is 0 Å². The highest BCUT2D eigenvalue weighted by molar-refractivity contribution is 7.90. The number of aromatic nitrogens is 4. The minimum absolute atomic E-state index is 0.137. The van der Waals surface area contributed by atoms with Crippen molar-refractivity contribution in [2.75, 3.05) is 29.6 Å². The molecule has 0 aliphatic carbocycles. The van der Waals surface area contributed by atoms with E-state index in [1.165, 1.54) is 18.5 Å². The van der Waals surface area contributed by atoms with E-state index in [1.54, 1.807) is 0 Å². The predicted octanol–water partition coefficient (Wildman–Crippen LogP) is 3.52. The molecule has 1 aromatic carbocycles. The predicted molar refractivity (Wildman–Crippen MR) is 122 cm³/mol. The van der Waals surface area contributed by atoms with E-state index < -0.39 is 20.5 Å². The number of halogens is 1. The fourth-order valence-electron chi connectivity index (χ4n) is 3.82. The zero-order chi connectivity index (χ0) is 24.5. The highest BCUT2D eigenvalue weighted by Crippen LogP contribution is 2.33. The number of anilines is 3. The van der Waals surface area contributed by atoms with Gasteiger partial charge in [-0.05, 0) is 31.0 Å². The number of nitriles is 1. The number of benzene rings is 1. The Morgan fingerprint density at radius 3 is 2.59 bits per heavy atom. The molecule has 3 aromatic rings. The third kappa shape index (κ3) is 4.84. The van der Waals surface area contributed by atoms with Gasteiger partial charge in [0.05, 0.1) is 0 Å². The quantitative estimate of drug-likeness (QED) is 0.552. The van der Waals surface area contributed by atoms with E-state index in [-0.39, 0.29) is 28.9 Å². The van der Waals surface area contributed by atoms with Crippen molar-refractivity contribution in [1.82, 2.24) is 20.1 Å². The van der Waals surface area contributed by atoms with Gasteiger partial charge in [0.15, 0.2) is 27.3 Å². The van der Waals surface area contributed by atoms with E-state index in [4.69, 9.17) is 4.52 Å². The molecular weight excluding hydrogens is 461 g/mol. The lowest BCUT2D eigenvalue weighted by molar-refractivity contribution is 0.325. The summed E-state index contributed by atoms with van der Waals surface area (Å²) in [5.41, 5.74) is 0.482. The number of hydrogen-bond acceptors (Lipinski definition) is 10. The highest BCUT2D eigenvalue weighted by Gasteiger charge is 2.28. The average molecular weight is 486 g/mol. The number of hydrogen-bond donors (Lipinski definition) is 1. The molecule has 0 radical (unpaired) electrons. The van der Waals surface area contributed by atoms with Crippen LogP contribution in [0.15, 0.2) is 33.9 Å². The molecule has 4 rings (SSSR count). The van der Waals surface area contributed by atoms with Crippen molar-refractivity contribution >= 4 is 27.2 Å². The molecule has 0 spiro atoms. The van der Waals surface area contributed by atoms with Crippen molar-refractivity contribution in [2.24, 2.45) is 0 Å². The summed E-state index contributed by atoms with van der Waals surface area (Å²) in [7, 11) is -3.69. The summed E-state index contributed by atoms with van der Waals surface area (Å²) >= 11 is 0. The first-order chi connectivity index (χ1) is 16.2. The third-order valence-electron chi connectivity index (χ3n) is 5.65. The molecule has 1 fully saturated rings. The Labute approximate surface area is 196 Å². The van der Waals surface area contributed by atoms with Gasteiger partial charge in [-0.25, -0.2) is 22.8 Å². The van der Waals surface area contributed by atoms with Gasteiger partial charge in [-0.1, -0.05) is 19.0 Å². The van der Waals surface area contributed by atoms with Crippen LogP contribution < -0.4 is 10.2 Å². The van der Waals surface area contributed by atoms with Crippen LogP contribution in [0.3, 0.4) is 0 Å². The second-order valence-electron chi connectivity index (χ2n) is 8.48. The molecule has 0 unspecified atom stereocenters. The number of sulfone groups is 1. The van der Waals surface area contributed by atoms with E-state index in [1.807, 2.05) is 18.7 Å². The monoisotopic (exact) mass is 485 g/mol.